The number of pyridine rings is 1. The van der Waals surface area contributed by atoms with Crippen molar-refractivity contribution in [1.29, 1.82) is 0 Å². The molecule has 2 heteroatoms. The van der Waals surface area contributed by atoms with E-state index in [0.717, 1.165) is 23.6 Å². The molecule has 0 radical (unpaired) electrons. The number of nitrogens with zero attached hydrogens (tertiary/aromatic N) is 1. The van der Waals surface area contributed by atoms with Crippen LogP contribution in [0.4, 0.5) is 0 Å². The van der Waals surface area contributed by atoms with E-state index in [1.807, 2.05) is 12.1 Å². The first-order valence-electron chi connectivity index (χ1n) is 4.72. The molecule has 0 aliphatic rings. The van der Waals surface area contributed by atoms with Gasteiger partial charge in [0, 0.05) is 5.69 Å². The lowest BCUT2D eigenvalue weighted by molar-refractivity contribution is 0.406. The van der Waals surface area contributed by atoms with E-state index in [1.54, 1.807) is 7.11 Å². The lowest BCUT2D eigenvalue weighted by Crippen LogP contribution is -1.99. The fraction of sp³-hybridized carbons (Fsp3) is 0.545. The molecule has 0 aliphatic carbocycles. The molecule has 2 nitrogen and oxygen atoms in total. The van der Waals surface area contributed by atoms with Crippen LogP contribution in [0.2, 0.25) is 0 Å². The zero-order chi connectivity index (χ0) is 9.84. The minimum Gasteiger partial charge on any atom is -0.495 e. The van der Waals surface area contributed by atoms with Crippen molar-refractivity contribution >= 4 is 0 Å². The highest BCUT2D eigenvalue weighted by molar-refractivity contribution is 5.30. The summed E-state index contributed by atoms with van der Waals surface area (Å²) < 4.78 is 5.21. The smallest absolute Gasteiger partial charge is 0.140 e. The Morgan fingerprint density at radius 1 is 1.38 bits per heavy atom. The average molecular weight is 179 g/mol. The molecule has 0 bridgehead atoms. The van der Waals surface area contributed by atoms with Gasteiger partial charge in [0.1, 0.15) is 5.75 Å². The highest BCUT2D eigenvalue weighted by atomic mass is 16.5. The van der Waals surface area contributed by atoms with Gasteiger partial charge in [-0.2, -0.15) is 0 Å². The summed E-state index contributed by atoms with van der Waals surface area (Å²) in [5, 5.41) is 0. The van der Waals surface area contributed by atoms with Crippen LogP contribution in [0.15, 0.2) is 12.1 Å². The molecule has 0 aromatic carbocycles. The maximum absolute atomic E-state index is 5.21. The predicted octanol–water partition coefficient (Wildman–Crippen LogP) is 2.78. The zero-order valence-electron chi connectivity index (χ0n) is 8.79. The van der Waals surface area contributed by atoms with E-state index in [9.17, 15) is 0 Å². The number of hydrogen-bond donors (Lipinski definition) is 0. The summed E-state index contributed by atoms with van der Waals surface area (Å²) in [4.78, 5) is 4.54. The molecule has 1 heterocycles. The first-order chi connectivity index (χ1) is 6.19. The van der Waals surface area contributed by atoms with Gasteiger partial charge >= 0.3 is 0 Å². The van der Waals surface area contributed by atoms with Gasteiger partial charge in [-0.05, 0) is 24.5 Å². The monoisotopic (exact) mass is 179 g/mol. The van der Waals surface area contributed by atoms with Crippen LogP contribution in [0.25, 0.3) is 0 Å². The van der Waals surface area contributed by atoms with Gasteiger partial charge in [-0.3, -0.25) is 4.98 Å². The molecule has 0 N–H and O–H groups in total. The largest absolute Gasteiger partial charge is 0.495 e. The average Bonchev–Trinajstić information content (AvgIpc) is 2.16. The third-order valence-corrected chi connectivity index (χ3v) is 2.10. The second-order valence-electron chi connectivity index (χ2n) is 3.39. The number of ether oxygens (including phenoxy) is 1. The molecule has 0 saturated heterocycles. The van der Waals surface area contributed by atoms with E-state index in [1.165, 1.54) is 0 Å². The molecule has 1 aromatic heterocycles. The van der Waals surface area contributed by atoms with Gasteiger partial charge < -0.3 is 4.74 Å². The molecule has 72 valence electrons. The summed E-state index contributed by atoms with van der Waals surface area (Å²) >= 11 is 0. The van der Waals surface area contributed by atoms with Gasteiger partial charge in [-0.1, -0.05) is 20.8 Å². The van der Waals surface area contributed by atoms with Gasteiger partial charge in [0.2, 0.25) is 0 Å². The Kier molecular flexibility index (Phi) is 3.29. The van der Waals surface area contributed by atoms with Crippen LogP contribution in [0.3, 0.4) is 0 Å². The number of methoxy groups -OCH3 is 1. The summed E-state index contributed by atoms with van der Waals surface area (Å²) in [7, 11) is 1.69. The molecule has 0 unspecified atom stereocenters. The first-order valence-corrected chi connectivity index (χ1v) is 4.72. The van der Waals surface area contributed by atoms with Crippen molar-refractivity contribution in [3.05, 3.63) is 23.5 Å². The highest BCUT2D eigenvalue weighted by Gasteiger charge is 2.06. The van der Waals surface area contributed by atoms with Gasteiger partial charge in [0.05, 0.1) is 12.8 Å². The minimum absolute atomic E-state index is 0.483. The first kappa shape index (κ1) is 10.0. The number of aryl methyl sites for hydroxylation is 1. The van der Waals surface area contributed by atoms with Crippen LogP contribution >= 0.6 is 0 Å². The second kappa shape index (κ2) is 4.26. The molecule has 0 saturated carbocycles. The van der Waals surface area contributed by atoms with Gasteiger partial charge in [-0.25, -0.2) is 0 Å². The van der Waals surface area contributed by atoms with Gasteiger partial charge in [0.25, 0.3) is 0 Å². The van der Waals surface area contributed by atoms with Crippen molar-refractivity contribution in [2.75, 3.05) is 7.11 Å². The lowest BCUT2D eigenvalue weighted by atomic mass is 10.1. The molecule has 0 spiro atoms. The Balaban J connectivity index is 3.05. The van der Waals surface area contributed by atoms with Crippen LogP contribution in [-0.4, -0.2) is 12.1 Å². The Morgan fingerprint density at radius 3 is 2.54 bits per heavy atom. The molecular weight excluding hydrogens is 162 g/mol. The maximum Gasteiger partial charge on any atom is 0.140 e. The quantitative estimate of drug-likeness (QED) is 0.711. The summed E-state index contributed by atoms with van der Waals surface area (Å²) in [5.41, 5.74) is 2.19. The van der Waals surface area contributed by atoms with Crippen LogP contribution in [0.5, 0.6) is 5.75 Å². The van der Waals surface area contributed by atoms with Crippen LogP contribution in [-0.2, 0) is 6.42 Å². The normalized spacial score (nSPS) is 10.5. The topological polar surface area (TPSA) is 22.1 Å². The Morgan fingerprint density at radius 2 is 2.08 bits per heavy atom. The number of rotatable bonds is 3. The number of hydrogen-bond acceptors (Lipinski definition) is 2. The highest BCUT2D eigenvalue weighted by Crippen LogP contribution is 2.20. The number of aromatic nitrogens is 1. The van der Waals surface area contributed by atoms with Crippen molar-refractivity contribution in [2.45, 2.75) is 33.1 Å². The molecule has 1 rings (SSSR count). The molecule has 0 amide bonds. The molecule has 0 aliphatic heterocycles. The fourth-order valence-electron chi connectivity index (χ4n) is 1.27. The van der Waals surface area contributed by atoms with Crippen molar-refractivity contribution < 1.29 is 4.74 Å². The van der Waals surface area contributed by atoms with Gasteiger partial charge in [-0.15, -0.1) is 0 Å². The molecule has 0 atom stereocenters. The summed E-state index contributed by atoms with van der Waals surface area (Å²) in [6, 6.07) is 4.03. The summed E-state index contributed by atoms with van der Waals surface area (Å²) in [5.74, 6) is 1.38. The molecule has 0 fully saturated rings. The Labute approximate surface area is 80.0 Å². The van der Waals surface area contributed by atoms with E-state index in [0.29, 0.717) is 5.92 Å². The Hall–Kier alpha value is -1.05. The third kappa shape index (κ3) is 2.20. The lowest BCUT2D eigenvalue weighted by Gasteiger charge is -2.09. The van der Waals surface area contributed by atoms with Crippen LogP contribution in [0, 0.1) is 0 Å². The van der Waals surface area contributed by atoms with Crippen LogP contribution < -0.4 is 4.74 Å². The minimum atomic E-state index is 0.483. The predicted molar refractivity (Wildman–Crippen MR) is 54.3 cm³/mol. The van der Waals surface area contributed by atoms with E-state index in [-0.39, 0.29) is 0 Å². The molecule has 13 heavy (non-hydrogen) atoms. The van der Waals surface area contributed by atoms with E-state index >= 15 is 0 Å². The van der Waals surface area contributed by atoms with Crippen molar-refractivity contribution in [2.24, 2.45) is 0 Å². The Bertz CT molecular complexity index is 281. The van der Waals surface area contributed by atoms with E-state index in [4.69, 9.17) is 4.74 Å². The van der Waals surface area contributed by atoms with Crippen LogP contribution in [0.1, 0.15) is 38.1 Å². The molecular formula is C11H17NO. The second-order valence-corrected chi connectivity index (χ2v) is 3.39. The van der Waals surface area contributed by atoms with Gasteiger partial charge in [0.15, 0.2) is 0 Å². The van der Waals surface area contributed by atoms with E-state index in [2.05, 4.69) is 25.8 Å². The zero-order valence-corrected chi connectivity index (χ0v) is 8.79. The van der Waals surface area contributed by atoms with Crippen molar-refractivity contribution in [1.82, 2.24) is 4.98 Å². The molecule has 1 aromatic rings. The van der Waals surface area contributed by atoms with Crippen molar-refractivity contribution in [3.63, 3.8) is 0 Å². The summed E-state index contributed by atoms with van der Waals surface area (Å²) in [6.45, 7) is 6.39. The fourth-order valence-corrected chi connectivity index (χ4v) is 1.27. The van der Waals surface area contributed by atoms with E-state index < -0.39 is 0 Å². The maximum atomic E-state index is 5.21. The van der Waals surface area contributed by atoms with Crippen molar-refractivity contribution in [3.8, 4) is 5.75 Å². The summed E-state index contributed by atoms with van der Waals surface area (Å²) in [6.07, 6.45) is 0.920. The third-order valence-electron chi connectivity index (χ3n) is 2.10. The SMILES string of the molecule is CCc1nc(C(C)C)ccc1OC. The standard InChI is InChI=1S/C11H17NO/c1-5-9-11(13-4)7-6-10(12-9)8(2)3/h6-8H,5H2,1-4H3.